The van der Waals surface area contributed by atoms with Crippen molar-refractivity contribution in [2.45, 2.75) is 66.6 Å². The number of carbonyl (C=O) groups excluding carboxylic acids is 4. The summed E-state index contributed by atoms with van der Waals surface area (Å²) >= 11 is 4.87. The molecule has 0 aromatic heterocycles. The molecule has 0 heterocycles. The molecule has 192 valence electrons. The highest BCUT2D eigenvalue weighted by molar-refractivity contribution is 6.67. The van der Waals surface area contributed by atoms with Crippen LogP contribution in [-0.4, -0.2) is 66.0 Å². The van der Waals surface area contributed by atoms with E-state index in [0.717, 1.165) is 0 Å². The normalized spacial score (nSPS) is 10.1. The minimum Gasteiger partial charge on any atom is -0.460 e. The Balaban J connectivity index is -0.000000457. The number of aliphatic hydroxyl groups is 1. The number of rotatable bonds is 7. The topological polar surface area (TPSA) is 140 Å². The number of allylic oxidation sites excluding steroid dienone is 1. The Morgan fingerprint density at radius 2 is 1.18 bits per heavy atom. The van der Waals surface area contributed by atoms with E-state index in [4.69, 9.17) is 30.9 Å². The second kappa shape index (κ2) is 17.9. The maximum absolute atomic E-state index is 11.1. The third-order valence-corrected chi connectivity index (χ3v) is 2.79. The monoisotopic (exact) mass is 494 g/mol. The predicted molar refractivity (Wildman–Crippen MR) is 127 cm³/mol. The molecule has 0 spiro atoms. The molecule has 33 heavy (non-hydrogen) atoms. The van der Waals surface area contributed by atoms with Crippen molar-refractivity contribution >= 4 is 35.0 Å². The first kappa shape index (κ1) is 35.0. The summed E-state index contributed by atoms with van der Waals surface area (Å²) in [6.45, 7) is 21.0. The molecule has 0 fully saturated rings. The molecule has 0 radical (unpaired) electrons. The summed E-state index contributed by atoms with van der Waals surface area (Å²) in [5.74, 6) is -0.467. The van der Waals surface area contributed by atoms with E-state index in [1.54, 1.807) is 55.4 Å². The maximum atomic E-state index is 11.1. The first-order valence-electron chi connectivity index (χ1n) is 10.0. The lowest BCUT2D eigenvalue weighted by Gasteiger charge is -2.19. The first-order valence-corrected chi connectivity index (χ1v) is 10.4. The van der Waals surface area contributed by atoms with Crippen LogP contribution in [0.4, 0.5) is 9.59 Å². The van der Waals surface area contributed by atoms with E-state index in [-0.39, 0.29) is 26.3 Å². The molecular formula is C22H39ClN2O8. The summed E-state index contributed by atoms with van der Waals surface area (Å²) in [5.41, 5.74) is -0.285. The molecule has 0 bridgehead atoms. The zero-order valence-corrected chi connectivity index (χ0v) is 21.7. The SMILES string of the molecule is C=C(C)C(=O)Cl.C=C(C)C(=O)OCCNC(=O)OC(C)(C)C.CC(C)(C)OC(=O)NCCO. The Hall–Kier alpha value is -2.59. The van der Waals surface area contributed by atoms with Crippen molar-refractivity contribution in [2.24, 2.45) is 0 Å². The largest absolute Gasteiger partial charge is 0.460 e. The van der Waals surface area contributed by atoms with E-state index in [9.17, 15) is 19.2 Å². The Bertz CT molecular complexity index is 652. The molecule has 0 saturated carbocycles. The lowest BCUT2D eigenvalue weighted by Crippen LogP contribution is -2.34. The number of halogens is 1. The van der Waals surface area contributed by atoms with Crippen LogP contribution in [0, 0.1) is 0 Å². The fourth-order valence-corrected chi connectivity index (χ4v) is 1.21. The van der Waals surface area contributed by atoms with Crippen LogP contribution >= 0.6 is 11.6 Å². The van der Waals surface area contributed by atoms with Gasteiger partial charge in [-0.05, 0) is 67.0 Å². The number of alkyl carbamates (subject to hydrolysis) is 2. The molecule has 0 unspecified atom stereocenters. The van der Waals surface area contributed by atoms with Crippen LogP contribution in [0.25, 0.3) is 0 Å². The van der Waals surface area contributed by atoms with Crippen molar-refractivity contribution in [3.63, 3.8) is 0 Å². The number of carbonyl (C=O) groups is 4. The van der Waals surface area contributed by atoms with Crippen LogP contribution in [0.5, 0.6) is 0 Å². The first-order chi connectivity index (χ1) is 14.8. The van der Waals surface area contributed by atoms with Gasteiger partial charge >= 0.3 is 18.2 Å². The van der Waals surface area contributed by atoms with E-state index in [0.29, 0.717) is 11.1 Å². The van der Waals surface area contributed by atoms with Gasteiger partial charge in [0.1, 0.15) is 17.8 Å². The van der Waals surface area contributed by atoms with Crippen LogP contribution < -0.4 is 10.6 Å². The Morgan fingerprint density at radius 3 is 1.45 bits per heavy atom. The van der Waals surface area contributed by atoms with Crippen LogP contribution in [0.3, 0.4) is 0 Å². The number of hydrogen-bond donors (Lipinski definition) is 3. The van der Waals surface area contributed by atoms with Crippen molar-refractivity contribution in [1.82, 2.24) is 10.6 Å². The van der Waals surface area contributed by atoms with Crippen molar-refractivity contribution < 1.29 is 38.5 Å². The maximum Gasteiger partial charge on any atom is 0.407 e. The fourth-order valence-electron chi connectivity index (χ4n) is 1.21. The van der Waals surface area contributed by atoms with E-state index < -0.39 is 34.6 Å². The highest BCUT2D eigenvalue weighted by atomic mass is 35.5. The van der Waals surface area contributed by atoms with Gasteiger partial charge in [0.15, 0.2) is 0 Å². The molecule has 2 amide bonds. The van der Waals surface area contributed by atoms with Gasteiger partial charge in [-0.15, -0.1) is 0 Å². The molecule has 0 saturated heterocycles. The van der Waals surface area contributed by atoms with Gasteiger partial charge in [-0.3, -0.25) is 4.79 Å². The molecule has 0 aliphatic heterocycles. The molecule has 0 aliphatic rings. The number of aliphatic hydroxyl groups excluding tert-OH is 1. The Morgan fingerprint density at radius 1 is 0.818 bits per heavy atom. The highest BCUT2D eigenvalue weighted by Crippen LogP contribution is 2.06. The molecule has 11 heteroatoms. The van der Waals surface area contributed by atoms with Crippen molar-refractivity contribution in [3.05, 3.63) is 24.3 Å². The van der Waals surface area contributed by atoms with Gasteiger partial charge in [0, 0.05) is 17.7 Å². The molecule has 0 aliphatic carbocycles. The minimum atomic E-state index is -0.529. The summed E-state index contributed by atoms with van der Waals surface area (Å²) < 4.78 is 14.6. The van der Waals surface area contributed by atoms with Crippen LogP contribution in [-0.2, 0) is 23.8 Å². The minimum absolute atomic E-state index is 0.0702. The number of ether oxygens (including phenoxy) is 3. The number of hydrogen-bond acceptors (Lipinski definition) is 8. The zero-order chi connectivity index (χ0) is 26.8. The van der Waals surface area contributed by atoms with Gasteiger partial charge < -0.3 is 30.0 Å². The van der Waals surface area contributed by atoms with E-state index in [1.165, 1.54) is 0 Å². The second-order valence-electron chi connectivity index (χ2n) is 8.55. The third-order valence-electron chi connectivity index (χ3n) is 2.47. The van der Waals surface area contributed by atoms with Crippen molar-refractivity contribution in [1.29, 1.82) is 0 Å². The lowest BCUT2D eigenvalue weighted by atomic mass is 10.2. The molecule has 10 nitrogen and oxygen atoms in total. The van der Waals surface area contributed by atoms with Crippen LogP contribution in [0.2, 0.25) is 0 Å². The van der Waals surface area contributed by atoms with E-state index >= 15 is 0 Å². The zero-order valence-electron chi connectivity index (χ0n) is 20.9. The Labute approximate surface area is 201 Å². The summed E-state index contributed by atoms with van der Waals surface area (Å²) in [7, 11) is 0. The van der Waals surface area contributed by atoms with E-state index in [2.05, 4.69) is 23.8 Å². The van der Waals surface area contributed by atoms with Gasteiger partial charge in [-0.2, -0.15) is 0 Å². The van der Waals surface area contributed by atoms with Crippen molar-refractivity contribution in [2.75, 3.05) is 26.3 Å². The summed E-state index contributed by atoms with van der Waals surface area (Å²) in [6.07, 6.45) is -1.02. The molecule has 0 rings (SSSR count). The molecule has 0 aromatic carbocycles. The standard InChI is InChI=1S/C11H19NO4.C7H15NO3.C4H5ClO/c1-8(2)9(13)15-7-6-12-10(14)16-11(3,4)5;1-7(2,3)11-6(10)8-4-5-9;1-3(2)4(5)6/h1,6-7H2,2-5H3,(H,12,14);9H,4-5H2,1-3H3,(H,8,10);1H2,2H3. The predicted octanol–water partition coefficient (Wildman–Crippen LogP) is 3.46. The van der Waals surface area contributed by atoms with Gasteiger partial charge in [-0.1, -0.05) is 13.2 Å². The molecule has 0 atom stereocenters. The number of amides is 2. The highest BCUT2D eigenvalue weighted by Gasteiger charge is 2.16. The van der Waals surface area contributed by atoms with Gasteiger partial charge in [0.25, 0.3) is 0 Å². The van der Waals surface area contributed by atoms with Gasteiger partial charge in [-0.25, -0.2) is 14.4 Å². The second-order valence-corrected chi connectivity index (χ2v) is 8.89. The smallest absolute Gasteiger partial charge is 0.407 e. The molecule has 3 N–H and O–H groups in total. The fraction of sp³-hybridized carbons (Fsp3) is 0.636. The number of nitrogens with one attached hydrogen (secondary N) is 2. The van der Waals surface area contributed by atoms with Gasteiger partial charge in [0.2, 0.25) is 5.24 Å². The molecular weight excluding hydrogens is 456 g/mol. The Kier molecular flexibility index (Phi) is 19.0. The quantitative estimate of drug-likeness (QED) is 0.161. The molecule has 0 aromatic rings. The third kappa shape index (κ3) is 31.7. The average Bonchev–Trinajstić information content (AvgIpc) is 2.61. The summed E-state index contributed by atoms with van der Waals surface area (Å²) in [5, 5.41) is 12.7. The van der Waals surface area contributed by atoms with Crippen LogP contribution in [0.15, 0.2) is 24.3 Å². The van der Waals surface area contributed by atoms with Crippen molar-refractivity contribution in [3.8, 4) is 0 Å². The summed E-state index contributed by atoms with van der Waals surface area (Å²) in [6, 6.07) is 0. The van der Waals surface area contributed by atoms with E-state index in [1.807, 2.05) is 0 Å². The lowest BCUT2D eigenvalue weighted by molar-refractivity contribution is -0.138. The summed E-state index contributed by atoms with van der Waals surface area (Å²) in [4.78, 5) is 42.7. The average molecular weight is 495 g/mol. The van der Waals surface area contributed by atoms with Crippen LogP contribution in [0.1, 0.15) is 55.4 Å². The number of esters is 1. The van der Waals surface area contributed by atoms with Gasteiger partial charge in [0.05, 0.1) is 13.2 Å².